The fraction of sp³-hybridized carbons (Fsp3) is 0.571. The first kappa shape index (κ1) is 20.3. The molecule has 8 nitrogen and oxygen atoms in total. The number of ether oxygens (including phenoxy) is 1. The van der Waals surface area contributed by atoms with E-state index in [1.807, 2.05) is 0 Å². The summed E-state index contributed by atoms with van der Waals surface area (Å²) < 4.78 is 4.25. The molecule has 9 heteroatoms. The van der Waals surface area contributed by atoms with Crippen molar-refractivity contribution in [1.82, 2.24) is 6.15 Å². The first-order valence-corrected chi connectivity index (χ1v) is 3.79. The quantitative estimate of drug-likeness (QED) is 0.354. The van der Waals surface area contributed by atoms with E-state index < -0.39 is 30.6 Å². The number of rotatable bonds is 6. The fourth-order valence-corrected chi connectivity index (χ4v) is 0.611. The van der Waals surface area contributed by atoms with Crippen LogP contribution in [0.1, 0.15) is 12.8 Å². The molecule has 16 heavy (non-hydrogen) atoms. The van der Waals surface area contributed by atoms with Crippen LogP contribution in [0.3, 0.4) is 0 Å². The molecule has 0 aromatic heterocycles. The van der Waals surface area contributed by atoms with Crippen molar-refractivity contribution in [2.45, 2.75) is 18.9 Å². The van der Waals surface area contributed by atoms with Crippen LogP contribution in [0.2, 0.25) is 0 Å². The third kappa shape index (κ3) is 10.9. The van der Waals surface area contributed by atoms with Gasteiger partial charge in [0.15, 0.2) is 6.61 Å². The molecular weight excluding hydrogens is 264 g/mol. The number of aliphatic carboxylic acids is 2. The van der Waals surface area contributed by atoms with Gasteiger partial charge in [0.1, 0.15) is 6.04 Å². The number of hydrogen-bond donors (Lipinski definition) is 4. The maximum absolute atomic E-state index is 10.7. The second-order valence-electron chi connectivity index (χ2n) is 2.54. The summed E-state index contributed by atoms with van der Waals surface area (Å²) in [5.41, 5.74) is 5.10. The molecule has 7 N–H and O–H groups in total. The van der Waals surface area contributed by atoms with Gasteiger partial charge in [-0.1, -0.05) is 0 Å². The normalized spacial score (nSPS) is 10.3. The molecule has 0 aliphatic rings. The van der Waals surface area contributed by atoms with E-state index in [1.54, 1.807) is 0 Å². The zero-order valence-electron chi connectivity index (χ0n) is 8.36. The molecule has 0 fully saturated rings. The molecule has 0 aliphatic carbocycles. The van der Waals surface area contributed by atoms with Crippen molar-refractivity contribution in [3.63, 3.8) is 0 Å². The predicted octanol–water partition coefficient (Wildman–Crippen LogP) is -1.03. The fourth-order valence-electron chi connectivity index (χ4n) is 0.611. The van der Waals surface area contributed by atoms with Crippen molar-refractivity contribution in [3.05, 3.63) is 0 Å². The average Bonchev–Trinajstić information content (AvgIpc) is 2.10. The van der Waals surface area contributed by atoms with Gasteiger partial charge in [-0.05, 0) is 6.42 Å². The van der Waals surface area contributed by atoms with E-state index in [9.17, 15) is 14.4 Å². The Kier molecular flexibility index (Phi) is 13.1. The van der Waals surface area contributed by atoms with Crippen molar-refractivity contribution < 1.29 is 46.4 Å². The molecule has 0 aliphatic heterocycles. The number of carboxylic acids is 2. The van der Waals surface area contributed by atoms with Gasteiger partial charge in [-0.15, -0.1) is 0 Å². The van der Waals surface area contributed by atoms with Crippen LogP contribution in [-0.4, -0.2) is 40.8 Å². The molecule has 0 amide bonds. The van der Waals surface area contributed by atoms with E-state index >= 15 is 0 Å². The summed E-state index contributed by atoms with van der Waals surface area (Å²) in [5.74, 6) is -3.25. The van der Waals surface area contributed by atoms with E-state index in [1.165, 1.54) is 0 Å². The van der Waals surface area contributed by atoms with Gasteiger partial charge in [-0.3, -0.25) is 9.59 Å². The van der Waals surface area contributed by atoms with Crippen molar-refractivity contribution in [1.29, 1.82) is 0 Å². The summed E-state index contributed by atoms with van der Waals surface area (Å²) in [7, 11) is 0. The Labute approximate surface area is 102 Å². The van der Waals surface area contributed by atoms with Gasteiger partial charge in [0.2, 0.25) is 0 Å². The number of nitrogens with two attached hydrogens (primary N) is 1. The molecule has 0 spiro atoms. The maximum Gasteiger partial charge on any atom is 0.341 e. The minimum absolute atomic E-state index is 0. The van der Waals surface area contributed by atoms with Crippen molar-refractivity contribution >= 4 is 17.9 Å². The smallest absolute Gasteiger partial charge is 0.341 e. The summed E-state index contributed by atoms with van der Waals surface area (Å²) in [5, 5.41) is 16.5. The molecule has 96 valence electrons. The first-order chi connectivity index (χ1) is 6.43. The molecule has 0 bridgehead atoms. The van der Waals surface area contributed by atoms with Gasteiger partial charge in [0, 0.05) is 23.5 Å². The van der Waals surface area contributed by atoms with Crippen LogP contribution in [0, 0.1) is 0 Å². The topological polar surface area (TPSA) is 162 Å². The summed E-state index contributed by atoms with van der Waals surface area (Å²) >= 11 is 0. The molecule has 0 heterocycles. The van der Waals surface area contributed by atoms with Crippen LogP contribution >= 0.6 is 0 Å². The van der Waals surface area contributed by atoms with E-state index in [-0.39, 0.29) is 36.1 Å². The zero-order valence-corrected chi connectivity index (χ0v) is 9.47. The third-order valence-electron chi connectivity index (χ3n) is 1.33. The van der Waals surface area contributed by atoms with Crippen LogP contribution in [0.15, 0.2) is 0 Å². The van der Waals surface area contributed by atoms with Crippen LogP contribution < -0.4 is 11.9 Å². The molecular formula is C7H14FeN2O6. The number of carboxylic acid groups (broad SMARTS) is 2. The van der Waals surface area contributed by atoms with Gasteiger partial charge in [0.25, 0.3) is 0 Å². The van der Waals surface area contributed by atoms with E-state index in [2.05, 4.69) is 4.74 Å². The average molecular weight is 278 g/mol. The molecule has 0 aromatic carbocycles. The van der Waals surface area contributed by atoms with Gasteiger partial charge >= 0.3 is 17.9 Å². The van der Waals surface area contributed by atoms with Crippen molar-refractivity contribution in [2.75, 3.05) is 6.61 Å². The van der Waals surface area contributed by atoms with Gasteiger partial charge < -0.3 is 26.8 Å². The van der Waals surface area contributed by atoms with Gasteiger partial charge in [-0.25, -0.2) is 4.79 Å². The second-order valence-corrected chi connectivity index (χ2v) is 2.54. The molecule has 1 atom stereocenters. The minimum atomic E-state index is -1.26. The number of hydrogen-bond acceptors (Lipinski definition) is 6. The molecule has 0 rings (SSSR count). The summed E-state index contributed by atoms with van der Waals surface area (Å²) in [4.78, 5) is 30.9. The number of carbonyl (C=O) groups is 3. The van der Waals surface area contributed by atoms with E-state index in [0.717, 1.165) is 0 Å². The van der Waals surface area contributed by atoms with Crippen molar-refractivity contribution in [3.8, 4) is 0 Å². The molecule has 0 saturated heterocycles. The summed E-state index contributed by atoms with van der Waals surface area (Å²) in [6.45, 7) is -0.721. The minimum Gasteiger partial charge on any atom is -0.480 e. The van der Waals surface area contributed by atoms with Crippen LogP contribution in [0.5, 0.6) is 0 Å². The standard InChI is InChI=1S/C7H11NO6.Fe.H3N/c8-4(7(12)13)1-2-6(11)14-3-5(9)10;;/h4H,1-3,8H2,(H,9,10)(H,12,13);;1H3/t4-;;/m0../s1. The Morgan fingerprint density at radius 1 is 1.25 bits per heavy atom. The van der Waals surface area contributed by atoms with Crippen molar-refractivity contribution in [2.24, 2.45) is 5.73 Å². The zero-order chi connectivity index (χ0) is 11.1. The Balaban J connectivity index is -0.000000845. The van der Waals surface area contributed by atoms with Crippen LogP contribution in [0.25, 0.3) is 0 Å². The van der Waals surface area contributed by atoms with Crippen LogP contribution in [-0.2, 0) is 36.2 Å². The molecule has 0 unspecified atom stereocenters. The Hall–Kier alpha value is -1.15. The predicted molar refractivity (Wildman–Crippen MR) is 48.5 cm³/mol. The van der Waals surface area contributed by atoms with E-state index in [4.69, 9.17) is 15.9 Å². The summed E-state index contributed by atoms with van der Waals surface area (Å²) in [6, 6.07) is -1.13. The van der Waals surface area contributed by atoms with E-state index in [0.29, 0.717) is 0 Å². The molecule has 0 saturated carbocycles. The largest absolute Gasteiger partial charge is 0.480 e. The Morgan fingerprint density at radius 2 is 1.75 bits per heavy atom. The second kappa shape index (κ2) is 10.4. The van der Waals surface area contributed by atoms with Gasteiger partial charge in [-0.2, -0.15) is 0 Å². The Morgan fingerprint density at radius 3 is 2.12 bits per heavy atom. The number of esters is 1. The maximum atomic E-state index is 10.7. The van der Waals surface area contributed by atoms with Crippen LogP contribution in [0.4, 0.5) is 0 Å². The first-order valence-electron chi connectivity index (χ1n) is 3.79. The summed E-state index contributed by atoms with van der Waals surface area (Å²) in [6.07, 6.45) is -0.283. The third-order valence-corrected chi connectivity index (χ3v) is 1.33. The Bertz CT molecular complexity index is 247. The number of carbonyl (C=O) groups excluding carboxylic acids is 1. The SMILES string of the molecule is N.N[C@@H](CCC(=O)OCC(=O)O)C(=O)O.[Fe]. The molecule has 0 radical (unpaired) electrons. The van der Waals surface area contributed by atoms with Gasteiger partial charge in [0.05, 0.1) is 0 Å². The molecule has 0 aromatic rings. The monoisotopic (exact) mass is 278 g/mol.